The smallest absolute Gasteiger partial charge is 0.229 e. The minimum absolute atomic E-state index is 0.125. The van der Waals surface area contributed by atoms with Crippen molar-refractivity contribution in [1.29, 1.82) is 0 Å². The fourth-order valence-electron chi connectivity index (χ4n) is 1.32. The molecule has 2 aromatic rings. The molecule has 6 nitrogen and oxygen atoms in total. The first-order chi connectivity index (χ1) is 7.66. The molecule has 0 bridgehead atoms. The highest BCUT2D eigenvalue weighted by atomic mass is 32.1. The van der Waals surface area contributed by atoms with Gasteiger partial charge in [-0.15, -0.1) is 5.10 Å². The molecule has 0 aliphatic carbocycles. The summed E-state index contributed by atoms with van der Waals surface area (Å²) in [5.74, 6) is 0.551. The van der Waals surface area contributed by atoms with Gasteiger partial charge in [-0.3, -0.25) is 4.79 Å². The molecule has 0 atom stereocenters. The lowest BCUT2D eigenvalue weighted by molar-refractivity contribution is -0.115. The zero-order valence-corrected chi connectivity index (χ0v) is 9.67. The topological polar surface area (TPSA) is 80.9 Å². The van der Waals surface area contributed by atoms with Gasteiger partial charge in [0.25, 0.3) is 0 Å². The number of rotatable bonds is 3. The maximum absolute atomic E-state index is 11.7. The fourth-order valence-corrected chi connectivity index (χ4v) is 1.75. The van der Waals surface area contributed by atoms with Crippen LogP contribution in [0.2, 0.25) is 0 Å². The Morgan fingerprint density at radius 2 is 2.38 bits per heavy atom. The van der Waals surface area contributed by atoms with Crippen LogP contribution in [0.5, 0.6) is 0 Å². The summed E-state index contributed by atoms with van der Waals surface area (Å²) < 4.78 is 8.63. The molecular weight excluding hydrogens is 228 g/mol. The second kappa shape index (κ2) is 4.40. The van der Waals surface area contributed by atoms with E-state index in [9.17, 15) is 4.79 Å². The van der Waals surface area contributed by atoms with Crippen molar-refractivity contribution in [2.24, 2.45) is 0 Å². The van der Waals surface area contributed by atoms with E-state index in [-0.39, 0.29) is 12.3 Å². The van der Waals surface area contributed by atoms with Gasteiger partial charge in [0.15, 0.2) is 0 Å². The van der Waals surface area contributed by atoms with Crippen molar-refractivity contribution in [3.8, 4) is 0 Å². The Kier molecular flexibility index (Phi) is 2.95. The molecule has 0 unspecified atom stereocenters. The highest BCUT2D eigenvalue weighted by molar-refractivity contribution is 7.10. The molecule has 7 heteroatoms. The van der Waals surface area contributed by atoms with Crippen molar-refractivity contribution in [1.82, 2.24) is 14.7 Å². The summed E-state index contributed by atoms with van der Waals surface area (Å²) in [6.45, 7) is 3.60. The van der Waals surface area contributed by atoms with Crippen molar-refractivity contribution in [2.45, 2.75) is 20.3 Å². The maximum Gasteiger partial charge on any atom is 0.229 e. The predicted molar refractivity (Wildman–Crippen MR) is 58.2 cm³/mol. The zero-order chi connectivity index (χ0) is 11.5. The van der Waals surface area contributed by atoms with Gasteiger partial charge in [-0.25, -0.2) is 0 Å². The number of nitrogens with one attached hydrogen (secondary N) is 1. The van der Waals surface area contributed by atoms with Gasteiger partial charge in [0.2, 0.25) is 5.91 Å². The first kappa shape index (κ1) is 10.7. The number of carbonyl (C=O) groups is 1. The standard InChI is InChI=1S/C9H10N4O2S/c1-5-7(6(2)15-12-5)3-8(14)11-9-4-10-13-16-9/h4H,3H2,1-2H3,(H,11,14). The lowest BCUT2D eigenvalue weighted by Crippen LogP contribution is -2.14. The van der Waals surface area contributed by atoms with Crippen LogP contribution in [0, 0.1) is 13.8 Å². The quantitative estimate of drug-likeness (QED) is 0.872. The van der Waals surface area contributed by atoms with Crippen molar-refractivity contribution >= 4 is 22.4 Å². The fraction of sp³-hybridized carbons (Fsp3) is 0.333. The van der Waals surface area contributed by atoms with Crippen LogP contribution in [0.1, 0.15) is 17.0 Å². The van der Waals surface area contributed by atoms with Crippen LogP contribution in [0.25, 0.3) is 0 Å². The monoisotopic (exact) mass is 238 g/mol. The normalized spacial score (nSPS) is 10.4. The van der Waals surface area contributed by atoms with Crippen molar-refractivity contribution in [2.75, 3.05) is 5.32 Å². The average molecular weight is 238 g/mol. The number of aryl methyl sites for hydroxylation is 2. The average Bonchev–Trinajstić information content (AvgIpc) is 2.83. The first-order valence-corrected chi connectivity index (χ1v) is 5.43. The summed E-state index contributed by atoms with van der Waals surface area (Å²) in [4.78, 5) is 11.7. The van der Waals surface area contributed by atoms with E-state index in [1.165, 1.54) is 6.20 Å². The minimum atomic E-state index is -0.125. The Morgan fingerprint density at radius 3 is 2.94 bits per heavy atom. The number of carbonyl (C=O) groups excluding carboxylic acids is 1. The van der Waals surface area contributed by atoms with Crippen LogP contribution in [0.3, 0.4) is 0 Å². The molecule has 0 aromatic carbocycles. The van der Waals surface area contributed by atoms with E-state index in [0.29, 0.717) is 10.8 Å². The molecule has 84 valence electrons. The molecule has 1 amide bonds. The van der Waals surface area contributed by atoms with Gasteiger partial charge in [0.05, 0.1) is 18.3 Å². The molecular formula is C9H10N4O2S. The highest BCUT2D eigenvalue weighted by Gasteiger charge is 2.13. The summed E-state index contributed by atoms with van der Waals surface area (Å²) in [5, 5.41) is 10.8. The third kappa shape index (κ3) is 2.25. The summed E-state index contributed by atoms with van der Waals surface area (Å²) in [5.41, 5.74) is 1.57. The number of amides is 1. The van der Waals surface area contributed by atoms with Gasteiger partial charge in [-0.1, -0.05) is 9.64 Å². The van der Waals surface area contributed by atoms with Gasteiger partial charge < -0.3 is 9.84 Å². The second-order valence-electron chi connectivity index (χ2n) is 3.31. The molecule has 0 aliphatic rings. The molecule has 0 aliphatic heterocycles. The van der Waals surface area contributed by atoms with Gasteiger partial charge in [0, 0.05) is 17.1 Å². The van der Waals surface area contributed by atoms with E-state index in [1.54, 1.807) is 6.92 Å². The first-order valence-electron chi connectivity index (χ1n) is 4.66. The van der Waals surface area contributed by atoms with E-state index in [2.05, 4.69) is 20.1 Å². The lowest BCUT2D eigenvalue weighted by Gasteiger charge is -2.00. The number of anilines is 1. The highest BCUT2D eigenvalue weighted by Crippen LogP contribution is 2.15. The molecule has 0 saturated carbocycles. The SMILES string of the molecule is Cc1noc(C)c1CC(=O)Nc1cnns1. The molecule has 0 fully saturated rings. The van der Waals surface area contributed by atoms with E-state index >= 15 is 0 Å². The van der Waals surface area contributed by atoms with Gasteiger partial charge in [-0.2, -0.15) is 0 Å². The Morgan fingerprint density at radius 1 is 1.56 bits per heavy atom. The van der Waals surface area contributed by atoms with E-state index in [0.717, 1.165) is 22.8 Å². The van der Waals surface area contributed by atoms with E-state index in [1.807, 2.05) is 6.92 Å². The molecule has 2 aromatic heterocycles. The second-order valence-corrected chi connectivity index (χ2v) is 4.10. The summed E-state index contributed by atoms with van der Waals surface area (Å²) in [6.07, 6.45) is 1.76. The van der Waals surface area contributed by atoms with Crippen molar-refractivity contribution in [3.05, 3.63) is 23.2 Å². The Bertz CT molecular complexity index is 472. The summed E-state index contributed by atoms with van der Waals surface area (Å²) >= 11 is 1.14. The molecule has 0 saturated heterocycles. The summed E-state index contributed by atoms with van der Waals surface area (Å²) in [7, 11) is 0. The molecule has 0 radical (unpaired) electrons. The third-order valence-corrected chi connectivity index (χ3v) is 2.72. The van der Waals surface area contributed by atoms with Gasteiger partial charge in [0.1, 0.15) is 10.8 Å². The van der Waals surface area contributed by atoms with Crippen molar-refractivity contribution < 1.29 is 9.32 Å². The van der Waals surface area contributed by atoms with E-state index < -0.39 is 0 Å². The Labute approximate surface area is 95.8 Å². The number of hydrogen-bond acceptors (Lipinski definition) is 6. The number of hydrogen-bond donors (Lipinski definition) is 1. The lowest BCUT2D eigenvalue weighted by atomic mass is 10.1. The number of nitrogens with zero attached hydrogens (tertiary/aromatic N) is 3. The van der Waals surface area contributed by atoms with E-state index in [4.69, 9.17) is 4.52 Å². The largest absolute Gasteiger partial charge is 0.361 e. The Balaban J connectivity index is 2.03. The maximum atomic E-state index is 11.7. The molecule has 16 heavy (non-hydrogen) atoms. The predicted octanol–water partition coefficient (Wildman–Crippen LogP) is 1.32. The van der Waals surface area contributed by atoms with Crippen molar-refractivity contribution in [3.63, 3.8) is 0 Å². The molecule has 1 N–H and O–H groups in total. The minimum Gasteiger partial charge on any atom is -0.361 e. The Hall–Kier alpha value is -1.76. The van der Waals surface area contributed by atoms with Crippen LogP contribution in [-0.2, 0) is 11.2 Å². The van der Waals surface area contributed by atoms with Crippen LogP contribution in [0.4, 0.5) is 5.00 Å². The number of aromatic nitrogens is 3. The van der Waals surface area contributed by atoms with Crippen LogP contribution in [-0.4, -0.2) is 20.7 Å². The van der Waals surface area contributed by atoms with Crippen LogP contribution in [0.15, 0.2) is 10.7 Å². The third-order valence-electron chi connectivity index (χ3n) is 2.14. The molecule has 0 spiro atoms. The summed E-state index contributed by atoms with van der Waals surface area (Å²) in [6, 6.07) is 0. The van der Waals surface area contributed by atoms with Crippen LogP contribution < -0.4 is 5.32 Å². The van der Waals surface area contributed by atoms with Gasteiger partial charge in [-0.05, 0) is 13.8 Å². The zero-order valence-electron chi connectivity index (χ0n) is 8.85. The molecule has 2 heterocycles. The van der Waals surface area contributed by atoms with Gasteiger partial charge >= 0.3 is 0 Å². The van der Waals surface area contributed by atoms with Crippen LogP contribution >= 0.6 is 11.5 Å². The molecule has 2 rings (SSSR count).